The highest BCUT2D eigenvalue weighted by molar-refractivity contribution is 5.88. The number of aryl methyl sites for hydroxylation is 1. The third kappa shape index (κ3) is 3.51. The van der Waals surface area contributed by atoms with E-state index in [2.05, 4.69) is 24.2 Å². The first-order valence-corrected chi connectivity index (χ1v) is 7.16. The first kappa shape index (κ1) is 14.9. The second kappa shape index (κ2) is 5.83. The highest BCUT2D eigenvalue weighted by Gasteiger charge is 2.28. The van der Waals surface area contributed by atoms with Crippen LogP contribution in [0.4, 0.5) is 5.69 Å². The van der Waals surface area contributed by atoms with Gasteiger partial charge in [-0.05, 0) is 69.1 Å². The molecule has 2 N–H and O–H groups in total. The summed E-state index contributed by atoms with van der Waals surface area (Å²) in [7, 11) is 2.17. The average Bonchev–Trinajstić information content (AvgIpc) is 2.41. The highest BCUT2D eigenvalue weighted by atomic mass is 16.4. The third-order valence-corrected chi connectivity index (χ3v) is 4.37. The van der Waals surface area contributed by atoms with E-state index in [4.69, 9.17) is 5.11 Å². The Kier molecular flexibility index (Phi) is 4.33. The van der Waals surface area contributed by atoms with Crippen LogP contribution in [0.3, 0.4) is 0 Å². The molecular weight excluding hydrogens is 252 g/mol. The average molecular weight is 276 g/mol. The van der Waals surface area contributed by atoms with Gasteiger partial charge in [0.05, 0.1) is 5.56 Å². The SMILES string of the molecule is Cc1cc(C(=O)O)ccc1NCC1(C)CCN(C)CC1. The van der Waals surface area contributed by atoms with Crippen molar-refractivity contribution in [2.45, 2.75) is 26.7 Å². The molecular formula is C16H24N2O2. The topological polar surface area (TPSA) is 52.6 Å². The molecule has 110 valence electrons. The molecule has 0 bridgehead atoms. The monoisotopic (exact) mass is 276 g/mol. The van der Waals surface area contributed by atoms with Crippen LogP contribution in [-0.4, -0.2) is 42.7 Å². The minimum atomic E-state index is -0.873. The maximum Gasteiger partial charge on any atom is 0.335 e. The van der Waals surface area contributed by atoms with Crippen LogP contribution in [0.2, 0.25) is 0 Å². The summed E-state index contributed by atoms with van der Waals surface area (Å²) in [6, 6.07) is 5.26. The van der Waals surface area contributed by atoms with Crippen molar-refractivity contribution < 1.29 is 9.90 Å². The van der Waals surface area contributed by atoms with Gasteiger partial charge in [0.15, 0.2) is 0 Å². The molecule has 0 unspecified atom stereocenters. The number of likely N-dealkylation sites (tertiary alicyclic amines) is 1. The van der Waals surface area contributed by atoms with E-state index in [1.165, 1.54) is 12.8 Å². The van der Waals surface area contributed by atoms with Crippen LogP contribution >= 0.6 is 0 Å². The maximum atomic E-state index is 10.9. The number of carboxylic acid groups (broad SMARTS) is 1. The molecule has 1 fully saturated rings. The molecule has 20 heavy (non-hydrogen) atoms. The van der Waals surface area contributed by atoms with Crippen LogP contribution in [0, 0.1) is 12.3 Å². The molecule has 0 amide bonds. The van der Waals surface area contributed by atoms with Gasteiger partial charge in [0.2, 0.25) is 0 Å². The predicted octanol–water partition coefficient (Wildman–Crippen LogP) is 2.84. The van der Waals surface area contributed by atoms with E-state index in [1.807, 2.05) is 13.0 Å². The first-order chi connectivity index (χ1) is 9.39. The zero-order chi connectivity index (χ0) is 14.8. The Morgan fingerprint density at radius 2 is 2.05 bits per heavy atom. The standard InChI is InChI=1S/C16H24N2O2/c1-12-10-13(15(19)20)4-5-14(12)17-11-16(2)6-8-18(3)9-7-16/h4-5,10,17H,6-9,11H2,1-3H3,(H,19,20). The van der Waals surface area contributed by atoms with E-state index in [-0.39, 0.29) is 0 Å². The molecule has 4 heteroatoms. The van der Waals surface area contributed by atoms with Crippen LogP contribution in [0.5, 0.6) is 0 Å². The van der Waals surface area contributed by atoms with Crippen LogP contribution in [0.15, 0.2) is 18.2 Å². The molecule has 1 heterocycles. The molecule has 0 radical (unpaired) electrons. The van der Waals surface area contributed by atoms with Crippen molar-refractivity contribution >= 4 is 11.7 Å². The van der Waals surface area contributed by atoms with Gasteiger partial charge in [-0.25, -0.2) is 4.79 Å². The van der Waals surface area contributed by atoms with Crippen LogP contribution < -0.4 is 5.32 Å². The van der Waals surface area contributed by atoms with E-state index in [9.17, 15) is 4.79 Å². The maximum absolute atomic E-state index is 10.9. The van der Waals surface area contributed by atoms with Gasteiger partial charge in [-0.15, -0.1) is 0 Å². The fourth-order valence-corrected chi connectivity index (χ4v) is 2.64. The van der Waals surface area contributed by atoms with Gasteiger partial charge < -0.3 is 15.3 Å². The second-order valence-corrected chi connectivity index (χ2v) is 6.30. The van der Waals surface area contributed by atoms with Crippen molar-refractivity contribution in [1.82, 2.24) is 4.90 Å². The predicted molar refractivity (Wildman–Crippen MR) is 81.5 cm³/mol. The fourth-order valence-electron chi connectivity index (χ4n) is 2.64. The van der Waals surface area contributed by atoms with Crippen molar-refractivity contribution in [1.29, 1.82) is 0 Å². The third-order valence-electron chi connectivity index (χ3n) is 4.37. The molecule has 0 aliphatic carbocycles. The van der Waals surface area contributed by atoms with Gasteiger partial charge in [-0.2, -0.15) is 0 Å². The van der Waals surface area contributed by atoms with Gasteiger partial charge in [-0.1, -0.05) is 6.92 Å². The molecule has 0 spiro atoms. The van der Waals surface area contributed by atoms with Gasteiger partial charge in [0, 0.05) is 12.2 Å². The number of hydrogen-bond acceptors (Lipinski definition) is 3. The molecule has 1 saturated heterocycles. The lowest BCUT2D eigenvalue weighted by atomic mass is 9.80. The normalized spacial score (nSPS) is 18.8. The fraction of sp³-hybridized carbons (Fsp3) is 0.562. The Morgan fingerprint density at radius 3 is 2.60 bits per heavy atom. The smallest absolute Gasteiger partial charge is 0.335 e. The van der Waals surface area contributed by atoms with Crippen molar-refractivity contribution in [3.05, 3.63) is 29.3 Å². The Labute approximate surface area is 120 Å². The molecule has 1 aromatic carbocycles. The number of rotatable bonds is 4. The van der Waals surface area contributed by atoms with E-state index in [0.29, 0.717) is 11.0 Å². The Bertz CT molecular complexity index is 491. The molecule has 1 aliphatic heterocycles. The molecule has 1 aliphatic rings. The summed E-state index contributed by atoms with van der Waals surface area (Å²) in [5.74, 6) is -0.873. The van der Waals surface area contributed by atoms with Crippen molar-refractivity contribution in [3.63, 3.8) is 0 Å². The largest absolute Gasteiger partial charge is 0.478 e. The molecule has 4 nitrogen and oxygen atoms in total. The quantitative estimate of drug-likeness (QED) is 0.888. The van der Waals surface area contributed by atoms with Crippen molar-refractivity contribution in [2.75, 3.05) is 32.0 Å². The van der Waals surface area contributed by atoms with E-state index < -0.39 is 5.97 Å². The van der Waals surface area contributed by atoms with Gasteiger partial charge >= 0.3 is 5.97 Å². The highest BCUT2D eigenvalue weighted by Crippen LogP contribution is 2.31. The number of hydrogen-bond donors (Lipinski definition) is 2. The zero-order valence-electron chi connectivity index (χ0n) is 12.6. The molecule has 2 rings (SSSR count). The van der Waals surface area contributed by atoms with Crippen LogP contribution in [-0.2, 0) is 0 Å². The first-order valence-electron chi connectivity index (χ1n) is 7.16. The number of aromatic carboxylic acids is 1. The van der Waals surface area contributed by atoms with Crippen LogP contribution in [0.25, 0.3) is 0 Å². The molecule has 0 atom stereocenters. The number of nitrogens with zero attached hydrogens (tertiary/aromatic N) is 1. The zero-order valence-corrected chi connectivity index (χ0v) is 12.6. The minimum absolute atomic E-state index is 0.324. The minimum Gasteiger partial charge on any atom is -0.478 e. The summed E-state index contributed by atoms with van der Waals surface area (Å²) in [5, 5.41) is 12.5. The summed E-state index contributed by atoms with van der Waals surface area (Å²) in [6.45, 7) is 7.51. The number of benzene rings is 1. The summed E-state index contributed by atoms with van der Waals surface area (Å²) in [5.41, 5.74) is 2.69. The lowest BCUT2D eigenvalue weighted by Crippen LogP contribution is -2.40. The number of carbonyl (C=O) groups is 1. The molecule has 0 saturated carbocycles. The Morgan fingerprint density at radius 1 is 1.40 bits per heavy atom. The summed E-state index contributed by atoms with van der Waals surface area (Å²) in [4.78, 5) is 13.3. The number of piperidine rings is 1. The lowest BCUT2D eigenvalue weighted by Gasteiger charge is -2.38. The van der Waals surface area contributed by atoms with Crippen LogP contribution in [0.1, 0.15) is 35.7 Å². The Balaban J connectivity index is 1.99. The van der Waals surface area contributed by atoms with Gasteiger partial charge in [0.1, 0.15) is 0 Å². The van der Waals surface area contributed by atoms with Gasteiger partial charge in [0.25, 0.3) is 0 Å². The van der Waals surface area contributed by atoms with E-state index in [0.717, 1.165) is 30.9 Å². The number of nitrogens with one attached hydrogen (secondary N) is 1. The molecule has 1 aromatic rings. The van der Waals surface area contributed by atoms with Crippen molar-refractivity contribution in [2.24, 2.45) is 5.41 Å². The second-order valence-electron chi connectivity index (χ2n) is 6.30. The number of anilines is 1. The Hall–Kier alpha value is -1.55. The molecule has 0 aromatic heterocycles. The van der Waals surface area contributed by atoms with Gasteiger partial charge in [-0.3, -0.25) is 0 Å². The lowest BCUT2D eigenvalue weighted by molar-refractivity contribution is 0.0697. The van der Waals surface area contributed by atoms with E-state index >= 15 is 0 Å². The summed E-state index contributed by atoms with van der Waals surface area (Å²) < 4.78 is 0. The summed E-state index contributed by atoms with van der Waals surface area (Å²) >= 11 is 0. The van der Waals surface area contributed by atoms with Crippen molar-refractivity contribution in [3.8, 4) is 0 Å². The summed E-state index contributed by atoms with van der Waals surface area (Å²) in [6.07, 6.45) is 2.39. The van der Waals surface area contributed by atoms with E-state index in [1.54, 1.807) is 12.1 Å². The number of carboxylic acids is 1.